The fraction of sp³-hybridized carbons (Fsp3) is 0.286. The van der Waals surface area contributed by atoms with Crippen molar-refractivity contribution in [2.24, 2.45) is 0 Å². The van der Waals surface area contributed by atoms with Crippen LogP contribution in [-0.2, 0) is 0 Å². The first-order valence-electron chi connectivity index (χ1n) is 5.88. The Morgan fingerprint density at radius 2 is 1.84 bits per heavy atom. The van der Waals surface area contributed by atoms with Gasteiger partial charge < -0.3 is 14.2 Å². The van der Waals surface area contributed by atoms with Gasteiger partial charge in [-0.1, -0.05) is 0 Å². The van der Waals surface area contributed by atoms with Crippen molar-refractivity contribution in [1.29, 1.82) is 0 Å². The highest BCUT2D eigenvalue weighted by atomic mass is 16.5. The second-order valence-electron chi connectivity index (χ2n) is 3.83. The van der Waals surface area contributed by atoms with Gasteiger partial charge in [-0.15, -0.1) is 0 Å². The van der Waals surface area contributed by atoms with Crippen LogP contribution in [0.3, 0.4) is 0 Å². The minimum absolute atomic E-state index is 0.331. The van der Waals surface area contributed by atoms with E-state index in [0.717, 1.165) is 11.7 Å². The summed E-state index contributed by atoms with van der Waals surface area (Å²) in [6.45, 7) is 2.29. The molecule has 2 aromatic rings. The lowest BCUT2D eigenvalue weighted by atomic mass is 10.1. The highest BCUT2D eigenvalue weighted by Crippen LogP contribution is 2.33. The zero-order chi connectivity index (χ0) is 13.8. The van der Waals surface area contributed by atoms with E-state index in [9.17, 15) is 4.79 Å². The van der Waals surface area contributed by atoms with Crippen LogP contribution in [-0.4, -0.2) is 32.1 Å². The molecule has 0 spiro atoms. The maximum Gasteiger partial charge on any atom is 0.224 e. The molecule has 1 aromatic carbocycles. The number of pyridine rings is 1. The Hall–Kier alpha value is -2.30. The molecule has 1 heterocycles. The third-order valence-electron chi connectivity index (χ3n) is 2.72. The van der Waals surface area contributed by atoms with Crippen LogP contribution in [0.1, 0.15) is 17.3 Å². The summed E-state index contributed by atoms with van der Waals surface area (Å²) in [5.41, 5.74) is 1.10. The molecular weight excluding hydrogens is 246 g/mol. The molecule has 5 heteroatoms. The first-order valence-corrected chi connectivity index (χ1v) is 5.88. The van der Waals surface area contributed by atoms with Crippen molar-refractivity contribution in [1.82, 2.24) is 4.98 Å². The van der Waals surface area contributed by atoms with Gasteiger partial charge in [-0.25, -0.2) is 4.98 Å². The molecule has 0 aliphatic rings. The Bertz CT molecular complexity index is 610. The molecule has 100 valence electrons. The van der Waals surface area contributed by atoms with E-state index in [4.69, 9.17) is 14.2 Å². The molecule has 5 nitrogen and oxygen atoms in total. The van der Waals surface area contributed by atoms with Crippen LogP contribution < -0.4 is 14.2 Å². The van der Waals surface area contributed by atoms with Crippen molar-refractivity contribution >= 4 is 17.2 Å². The molecule has 0 amide bonds. The molecule has 0 aliphatic carbocycles. The van der Waals surface area contributed by atoms with Crippen LogP contribution in [0.2, 0.25) is 0 Å². The van der Waals surface area contributed by atoms with Crippen LogP contribution >= 0.6 is 0 Å². The quantitative estimate of drug-likeness (QED) is 0.774. The molecule has 0 saturated carbocycles. The molecule has 0 radical (unpaired) electrons. The van der Waals surface area contributed by atoms with Gasteiger partial charge in [-0.2, -0.15) is 0 Å². The Morgan fingerprint density at radius 1 is 1.16 bits per heavy atom. The number of rotatable bonds is 5. The minimum Gasteiger partial charge on any atom is -0.493 e. The number of nitrogens with zero attached hydrogens (tertiary/aromatic N) is 1. The van der Waals surface area contributed by atoms with E-state index in [2.05, 4.69) is 4.98 Å². The maximum absolute atomic E-state index is 11.0. The third-order valence-corrected chi connectivity index (χ3v) is 2.72. The first kappa shape index (κ1) is 13.1. The summed E-state index contributed by atoms with van der Waals surface area (Å²) in [4.78, 5) is 15.4. The summed E-state index contributed by atoms with van der Waals surface area (Å²) in [7, 11) is 3.12. The van der Waals surface area contributed by atoms with Gasteiger partial charge in [0.15, 0.2) is 17.8 Å². The van der Waals surface area contributed by atoms with Crippen LogP contribution in [0.5, 0.6) is 17.4 Å². The molecule has 0 saturated heterocycles. The van der Waals surface area contributed by atoms with Crippen molar-refractivity contribution in [2.75, 3.05) is 20.8 Å². The zero-order valence-electron chi connectivity index (χ0n) is 11.1. The molecule has 0 unspecified atom stereocenters. The van der Waals surface area contributed by atoms with Crippen LogP contribution in [0.4, 0.5) is 0 Å². The second-order valence-corrected chi connectivity index (χ2v) is 3.83. The second kappa shape index (κ2) is 5.56. The number of hydrogen-bond donors (Lipinski definition) is 0. The fourth-order valence-corrected chi connectivity index (χ4v) is 1.84. The van der Waals surface area contributed by atoms with Crippen molar-refractivity contribution in [2.45, 2.75) is 6.92 Å². The van der Waals surface area contributed by atoms with Gasteiger partial charge >= 0.3 is 0 Å². The highest BCUT2D eigenvalue weighted by molar-refractivity contribution is 5.90. The van der Waals surface area contributed by atoms with Gasteiger partial charge in [0, 0.05) is 11.5 Å². The molecular formula is C14H15NO4. The third kappa shape index (κ3) is 2.45. The average molecular weight is 261 g/mol. The topological polar surface area (TPSA) is 57.6 Å². The summed E-state index contributed by atoms with van der Waals surface area (Å²) in [6, 6.07) is 5.26. The predicted octanol–water partition coefficient (Wildman–Crippen LogP) is 2.46. The van der Waals surface area contributed by atoms with Gasteiger partial charge in [-0.3, -0.25) is 4.79 Å². The Kier molecular flexibility index (Phi) is 3.85. The number of carbonyl (C=O) groups excluding carboxylic acids is 1. The smallest absolute Gasteiger partial charge is 0.224 e. The summed E-state index contributed by atoms with van der Waals surface area (Å²) in [5, 5.41) is 0.795. The molecule has 0 atom stereocenters. The first-order chi connectivity index (χ1) is 9.23. The minimum atomic E-state index is 0.331. The number of aromatic nitrogens is 1. The average Bonchev–Trinajstić information content (AvgIpc) is 2.45. The molecule has 0 bridgehead atoms. The van der Waals surface area contributed by atoms with Gasteiger partial charge in [0.25, 0.3) is 0 Å². The lowest BCUT2D eigenvalue weighted by molar-refractivity contribution is 0.111. The molecule has 0 N–H and O–H groups in total. The number of methoxy groups -OCH3 is 2. The van der Waals surface area contributed by atoms with E-state index in [0.29, 0.717) is 35.1 Å². The number of aldehydes is 1. The van der Waals surface area contributed by atoms with Gasteiger partial charge in [0.05, 0.1) is 31.9 Å². The maximum atomic E-state index is 11.0. The van der Waals surface area contributed by atoms with Gasteiger partial charge in [0.2, 0.25) is 5.88 Å². The van der Waals surface area contributed by atoms with Crippen molar-refractivity contribution in [3.63, 3.8) is 0 Å². The van der Waals surface area contributed by atoms with Crippen molar-refractivity contribution < 1.29 is 19.0 Å². The van der Waals surface area contributed by atoms with Crippen LogP contribution in [0.15, 0.2) is 18.2 Å². The summed E-state index contributed by atoms with van der Waals surface area (Å²) < 4.78 is 15.8. The van der Waals surface area contributed by atoms with E-state index in [-0.39, 0.29) is 0 Å². The van der Waals surface area contributed by atoms with Crippen molar-refractivity contribution in [3.8, 4) is 17.4 Å². The van der Waals surface area contributed by atoms with Gasteiger partial charge in [-0.05, 0) is 19.1 Å². The van der Waals surface area contributed by atoms with Crippen LogP contribution in [0.25, 0.3) is 10.9 Å². The molecule has 0 fully saturated rings. The lowest BCUT2D eigenvalue weighted by Gasteiger charge is -2.11. The van der Waals surface area contributed by atoms with E-state index < -0.39 is 0 Å². The highest BCUT2D eigenvalue weighted by Gasteiger charge is 2.11. The number of carbonyl (C=O) groups is 1. The van der Waals surface area contributed by atoms with Gasteiger partial charge in [0.1, 0.15) is 0 Å². The Balaban J connectivity index is 2.66. The summed E-state index contributed by atoms with van der Waals surface area (Å²) >= 11 is 0. The summed E-state index contributed by atoms with van der Waals surface area (Å²) in [6.07, 6.45) is 0.730. The molecule has 19 heavy (non-hydrogen) atoms. The SMILES string of the molecule is CCOc1nc2cc(OC)c(OC)cc2cc1C=O. The largest absolute Gasteiger partial charge is 0.493 e. The van der Waals surface area contributed by atoms with E-state index in [1.165, 1.54) is 0 Å². The molecule has 1 aromatic heterocycles. The number of benzene rings is 1. The normalized spacial score (nSPS) is 10.3. The standard InChI is InChI=1S/C14H15NO4/c1-4-19-14-10(8-16)5-9-6-12(17-2)13(18-3)7-11(9)15-14/h5-8H,4H2,1-3H3. The Morgan fingerprint density at radius 3 is 2.42 bits per heavy atom. The molecule has 0 aliphatic heterocycles. The Labute approximate surface area is 111 Å². The number of fused-ring (bicyclic) bond motifs is 1. The zero-order valence-corrected chi connectivity index (χ0v) is 11.1. The number of hydrogen-bond acceptors (Lipinski definition) is 5. The predicted molar refractivity (Wildman–Crippen MR) is 71.4 cm³/mol. The molecule has 2 rings (SSSR count). The van der Waals surface area contributed by atoms with E-state index >= 15 is 0 Å². The monoisotopic (exact) mass is 261 g/mol. The van der Waals surface area contributed by atoms with Crippen LogP contribution in [0, 0.1) is 0 Å². The van der Waals surface area contributed by atoms with E-state index in [1.807, 2.05) is 6.92 Å². The van der Waals surface area contributed by atoms with E-state index in [1.54, 1.807) is 32.4 Å². The number of ether oxygens (including phenoxy) is 3. The van der Waals surface area contributed by atoms with Crippen molar-refractivity contribution in [3.05, 3.63) is 23.8 Å². The summed E-state index contributed by atoms with van der Waals surface area (Å²) in [5.74, 6) is 1.51. The fourth-order valence-electron chi connectivity index (χ4n) is 1.84. The lowest BCUT2D eigenvalue weighted by Crippen LogP contribution is -2.00.